The minimum atomic E-state index is -0.497. The van der Waals surface area contributed by atoms with Crippen molar-refractivity contribution in [3.8, 4) is 5.75 Å². The molecule has 0 aromatic heterocycles. The van der Waals surface area contributed by atoms with E-state index in [1.54, 1.807) is 4.90 Å². The van der Waals surface area contributed by atoms with Crippen molar-refractivity contribution >= 4 is 17.4 Å². The highest BCUT2D eigenvalue weighted by molar-refractivity contribution is 6.08. The number of Topliss-reactive ketones (excluding diaryl/α,β-unsaturated/α-hetero) is 1. The van der Waals surface area contributed by atoms with Gasteiger partial charge in [0.1, 0.15) is 11.5 Å². The SMILES string of the molecule is CCOc1ccccc1N1CCC[C@@H](C(C)=O)C1=O. The molecule has 1 saturated heterocycles. The van der Waals surface area contributed by atoms with Gasteiger partial charge in [-0.05, 0) is 38.8 Å². The molecular weight excluding hydrogens is 242 g/mol. The summed E-state index contributed by atoms with van der Waals surface area (Å²) in [4.78, 5) is 25.6. The summed E-state index contributed by atoms with van der Waals surface area (Å²) in [5, 5.41) is 0. The van der Waals surface area contributed by atoms with Crippen molar-refractivity contribution in [1.29, 1.82) is 0 Å². The van der Waals surface area contributed by atoms with E-state index in [0.717, 1.165) is 12.1 Å². The summed E-state index contributed by atoms with van der Waals surface area (Å²) < 4.78 is 5.56. The maximum Gasteiger partial charge on any atom is 0.237 e. The van der Waals surface area contributed by atoms with Gasteiger partial charge < -0.3 is 9.64 Å². The van der Waals surface area contributed by atoms with Crippen molar-refractivity contribution in [2.24, 2.45) is 5.92 Å². The highest BCUT2D eigenvalue weighted by atomic mass is 16.5. The first-order valence-electron chi connectivity index (χ1n) is 6.68. The zero-order valence-electron chi connectivity index (χ0n) is 11.4. The monoisotopic (exact) mass is 261 g/mol. The molecule has 0 saturated carbocycles. The van der Waals surface area contributed by atoms with Crippen LogP contribution in [0.1, 0.15) is 26.7 Å². The Kier molecular flexibility index (Phi) is 4.20. The lowest BCUT2D eigenvalue weighted by atomic mass is 9.93. The molecule has 4 nitrogen and oxygen atoms in total. The number of rotatable bonds is 4. The summed E-state index contributed by atoms with van der Waals surface area (Å²) in [6.45, 7) is 4.59. The standard InChI is InChI=1S/C15H19NO3/c1-3-19-14-9-5-4-8-13(14)16-10-6-7-12(11(2)17)15(16)18/h4-5,8-9,12H,3,6-7,10H2,1-2H3/t12-/m0/s1. The number of carbonyl (C=O) groups is 2. The quantitative estimate of drug-likeness (QED) is 0.782. The molecule has 1 heterocycles. The second-order valence-corrected chi connectivity index (χ2v) is 4.70. The zero-order valence-corrected chi connectivity index (χ0v) is 11.4. The highest BCUT2D eigenvalue weighted by Gasteiger charge is 2.33. The van der Waals surface area contributed by atoms with Crippen molar-refractivity contribution in [1.82, 2.24) is 0 Å². The third-order valence-corrected chi connectivity index (χ3v) is 3.39. The van der Waals surface area contributed by atoms with Crippen molar-refractivity contribution in [3.05, 3.63) is 24.3 Å². The minimum absolute atomic E-state index is 0.0522. The molecule has 1 atom stereocenters. The van der Waals surface area contributed by atoms with Gasteiger partial charge in [-0.3, -0.25) is 9.59 Å². The number of amides is 1. The maximum absolute atomic E-state index is 12.4. The topological polar surface area (TPSA) is 46.6 Å². The van der Waals surface area contributed by atoms with Crippen LogP contribution in [0.5, 0.6) is 5.75 Å². The number of hydrogen-bond donors (Lipinski definition) is 0. The second kappa shape index (κ2) is 5.87. The van der Waals surface area contributed by atoms with E-state index in [4.69, 9.17) is 4.74 Å². The Morgan fingerprint density at radius 1 is 1.42 bits per heavy atom. The molecule has 0 radical (unpaired) electrons. The van der Waals surface area contributed by atoms with Crippen LogP contribution in [0.2, 0.25) is 0 Å². The lowest BCUT2D eigenvalue weighted by Crippen LogP contribution is -2.44. The molecule has 4 heteroatoms. The van der Waals surface area contributed by atoms with E-state index < -0.39 is 5.92 Å². The summed E-state index contributed by atoms with van der Waals surface area (Å²) in [6.07, 6.45) is 1.50. The number of ketones is 1. The number of para-hydroxylation sites is 2. The Morgan fingerprint density at radius 3 is 2.84 bits per heavy atom. The third-order valence-electron chi connectivity index (χ3n) is 3.39. The first-order chi connectivity index (χ1) is 9.15. The largest absolute Gasteiger partial charge is 0.492 e. The summed E-state index contributed by atoms with van der Waals surface area (Å²) in [6, 6.07) is 7.47. The van der Waals surface area contributed by atoms with Gasteiger partial charge in [0.05, 0.1) is 18.2 Å². The van der Waals surface area contributed by atoms with Gasteiger partial charge in [0.15, 0.2) is 0 Å². The highest BCUT2D eigenvalue weighted by Crippen LogP contribution is 2.32. The predicted molar refractivity (Wildman–Crippen MR) is 73.4 cm³/mol. The molecule has 1 fully saturated rings. The Bertz CT molecular complexity index is 484. The van der Waals surface area contributed by atoms with Crippen molar-refractivity contribution in [2.45, 2.75) is 26.7 Å². The Balaban J connectivity index is 2.30. The number of hydrogen-bond acceptors (Lipinski definition) is 3. The van der Waals surface area contributed by atoms with Gasteiger partial charge in [-0.1, -0.05) is 12.1 Å². The fraction of sp³-hybridized carbons (Fsp3) is 0.467. The Labute approximate surface area is 113 Å². The summed E-state index contributed by atoms with van der Waals surface area (Å²) >= 11 is 0. The molecule has 1 aromatic carbocycles. The van der Waals surface area contributed by atoms with Crippen LogP contribution >= 0.6 is 0 Å². The van der Waals surface area contributed by atoms with Crippen LogP contribution in [0.4, 0.5) is 5.69 Å². The predicted octanol–water partition coefficient (Wildman–Crippen LogP) is 2.42. The molecule has 0 unspecified atom stereocenters. The van der Waals surface area contributed by atoms with E-state index in [2.05, 4.69) is 0 Å². The Morgan fingerprint density at radius 2 is 2.16 bits per heavy atom. The minimum Gasteiger partial charge on any atom is -0.492 e. The van der Waals surface area contributed by atoms with E-state index in [0.29, 0.717) is 25.3 Å². The number of piperidine rings is 1. The number of ether oxygens (including phenoxy) is 1. The van der Waals surface area contributed by atoms with Gasteiger partial charge in [0.25, 0.3) is 0 Å². The molecule has 19 heavy (non-hydrogen) atoms. The summed E-state index contributed by atoms with van der Waals surface area (Å²) in [7, 11) is 0. The van der Waals surface area contributed by atoms with Crippen LogP contribution in [-0.4, -0.2) is 24.8 Å². The molecule has 2 rings (SSSR count). The van der Waals surface area contributed by atoms with Gasteiger partial charge in [-0.15, -0.1) is 0 Å². The van der Waals surface area contributed by atoms with Crippen molar-refractivity contribution in [3.63, 3.8) is 0 Å². The molecule has 1 aromatic rings. The van der Waals surface area contributed by atoms with Crippen LogP contribution < -0.4 is 9.64 Å². The molecule has 0 spiro atoms. The second-order valence-electron chi connectivity index (χ2n) is 4.70. The fourth-order valence-corrected chi connectivity index (χ4v) is 2.45. The first-order valence-corrected chi connectivity index (χ1v) is 6.68. The number of nitrogens with zero attached hydrogens (tertiary/aromatic N) is 1. The maximum atomic E-state index is 12.4. The van der Waals surface area contributed by atoms with E-state index in [1.165, 1.54) is 6.92 Å². The van der Waals surface area contributed by atoms with E-state index in [1.807, 2.05) is 31.2 Å². The number of carbonyl (C=O) groups excluding carboxylic acids is 2. The van der Waals surface area contributed by atoms with Crippen LogP contribution in [0, 0.1) is 5.92 Å². The number of benzene rings is 1. The normalized spacial score (nSPS) is 19.4. The molecule has 0 bridgehead atoms. The van der Waals surface area contributed by atoms with Gasteiger partial charge >= 0.3 is 0 Å². The molecule has 1 amide bonds. The molecule has 0 aliphatic carbocycles. The Hall–Kier alpha value is -1.84. The smallest absolute Gasteiger partial charge is 0.237 e. The van der Waals surface area contributed by atoms with Crippen LogP contribution in [0.15, 0.2) is 24.3 Å². The van der Waals surface area contributed by atoms with Gasteiger partial charge in [-0.25, -0.2) is 0 Å². The molecule has 1 aliphatic rings. The molecule has 1 aliphatic heterocycles. The van der Waals surface area contributed by atoms with E-state index in [-0.39, 0.29) is 11.7 Å². The van der Waals surface area contributed by atoms with Gasteiger partial charge in [0, 0.05) is 6.54 Å². The van der Waals surface area contributed by atoms with Gasteiger partial charge in [-0.2, -0.15) is 0 Å². The van der Waals surface area contributed by atoms with Crippen LogP contribution in [0.3, 0.4) is 0 Å². The first kappa shape index (κ1) is 13.6. The van der Waals surface area contributed by atoms with E-state index >= 15 is 0 Å². The van der Waals surface area contributed by atoms with Crippen LogP contribution in [0.25, 0.3) is 0 Å². The lowest BCUT2D eigenvalue weighted by molar-refractivity contribution is -0.132. The summed E-state index contributed by atoms with van der Waals surface area (Å²) in [5.41, 5.74) is 0.764. The molecular formula is C15H19NO3. The van der Waals surface area contributed by atoms with E-state index in [9.17, 15) is 9.59 Å². The van der Waals surface area contributed by atoms with Gasteiger partial charge in [0.2, 0.25) is 5.91 Å². The molecule has 102 valence electrons. The third kappa shape index (κ3) is 2.78. The van der Waals surface area contributed by atoms with Crippen LogP contribution in [-0.2, 0) is 9.59 Å². The fourth-order valence-electron chi connectivity index (χ4n) is 2.45. The van der Waals surface area contributed by atoms with Crippen molar-refractivity contribution < 1.29 is 14.3 Å². The zero-order chi connectivity index (χ0) is 13.8. The summed E-state index contributed by atoms with van der Waals surface area (Å²) in [5.74, 6) is 0.0421. The van der Waals surface area contributed by atoms with Crippen molar-refractivity contribution in [2.75, 3.05) is 18.1 Å². The molecule has 0 N–H and O–H groups in total. The number of anilines is 1. The lowest BCUT2D eigenvalue weighted by Gasteiger charge is -2.32. The average molecular weight is 261 g/mol. The average Bonchev–Trinajstić information content (AvgIpc) is 2.40.